The number of aryl methyl sites for hydroxylation is 1. The van der Waals surface area contributed by atoms with Crippen molar-refractivity contribution >= 4 is 35.2 Å². The number of allylic oxidation sites excluding steroid dienone is 1. The minimum Gasteiger partial charge on any atom is -0.468 e. The zero-order valence-electron chi connectivity index (χ0n) is 18.1. The van der Waals surface area contributed by atoms with Crippen LogP contribution in [0.3, 0.4) is 0 Å². The number of carbonyl (C=O) groups excluding carboxylic acids is 3. The van der Waals surface area contributed by atoms with Crippen LogP contribution in [0, 0.1) is 23.1 Å². The standard InChI is InChI=1S/C24H22FN3O4S/c1-3-14-8-4-7-11-18(14)27-19(29)13-33-23-16(12-26)20(15-9-5-6-10-17(15)25)21(22(30)28-23)24(31)32-2/h4-11,20-21H,3,13H2,1-2H3,(H,27,29)(H,28,30)/t20-,21-/m0/s1. The first kappa shape index (κ1) is 24.0. The molecule has 2 aromatic carbocycles. The number of hydrogen-bond acceptors (Lipinski definition) is 6. The number of amides is 2. The summed E-state index contributed by atoms with van der Waals surface area (Å²) >= 11 is 0.939. The van der Waals surface area contributed by atoms with E-state index in [1.54, 1.807) is 12.1 Å². The van der Waals surface area contributed by atoms with Gasteiger partial charge in [-0.1, -0.05) is 55.1 Å². The first-order valence-electron chi connectivity index (χ1n) is 10.2. The Labute approximate surface area is 195 Å². The van der Waals surface area contributed by atoms with Crippen molar-refractivity contribution in [3.05, 3.63) is 76.1 Å². The van der Waals surface area contributed by atoms with Crippen LogP contribution in [-0.4, -0.2) is 30.6 Å². The van der Waals surface area contributed by atoms with Crippen molar-refractivity contribution in [3.8, 4) is 6.07 Å². The second-order valence-electron chi connectivity index (χ2n) is 7.19. The van der Waals surface area contributed by atoms with E-state index in [2.05, 4.69) is 10.6 Å². The number of ether oxygens (including phenoxy) is 1. The molecule has 0 aliphatic carbocycles. The maximum Gasteiger partial charge on any atom is 0.319 e. The summed E-state index contributed by atoms with van der Waals surface area (Å²) in [7, 11) is 1.12. The van der Waals surface area contributed by atoms with Gasteiger partial charge in [0.2, 0.25) is 11.8 Å². The molecule has 0 saturated heterocycles. The summed E-state index contributed by atoms with van der Waals surface area (Å²) in [6.45, 7) is 1.97. The third kappa shape index (κ3) is 5.23. The number of anilines is 1. The number of para-hydroxylation sites is 1. The Morgan fingerprint density at radius 1 is 1.21 bits per heavy atom. The van der Waals surface area contributed by atoms with E-state index in [9.17, 15) is 24.0 Å². The number of esters is 1. The Morgan fingerprint density at radius 2 is 1.91 bits per heavy atom. The van der Waals surface area contributed by atoms with Crippen LogP contribution in [0.25, 0.3) is 0 Å². The van der Waals surface area contributed by atoms with Gasteiger partial charge >= 0.3 is 5.97 Å². The Bertz CT molecular complexity index is 1160. The van der Waals surface area contributed by atoms with Crippen LogP contribution in [-0.2, 0) is 25.5 Å². The molecule has 2 amide bonds. The van der Waals surface area contributed by atoms with Gasteiger partial charge in [0.1, 0.15) is 11.7 Å². The fourth-order valence-corrected chi connectivity index (χ4v) is 4.51. The van der Waals surface area contributed by atoms with Crippen LogP contribution >= 0.6 is 11.8 Å². The van der Waals surface area contributed by atoms with E-state index in [-0.39, 0.29) is 27.8 Å². The normalized spacial score (nSPS) is 17.7. The second-order valence-corrected chi connectivity index (χ2v) is 8.18. The molecule has 1 aliphatic rings. The fraction of sp³-hybridized carbons (Fsp3) is 0.250. The molecule has 0 aromatic heterocycles. The average Bonchev–Trinajstić information content (AvgIpc) is 2.82. The lowest BCUT2D eigenvalue weighted by Crippen LogP contribution is -2.44. The molecule has 2 N–H and O–H groups in total. The molecule has 0 fully saturated rings. The third-order valence-corrected chi connectivity index (χ3v) is 6.26. The molecule has 1 heterocycles. The van der Waals surface area contributed by atoms with Crippen molar-refractivity contribution in [2.24, 2.45) is 5.92 Å². The summed E-state index contributed by atoms with van der Waals surface area (Å²) in [4.78, 5) is 37.7. The van der Waals surface area contributed by atoms with Crippen LogP contribution in [0.4, 0.5) is 10.1 Å². The van der Waals surface area contributed by atoms with Gasteiger partial charge in [0, 0.05) is 11.6 Å². The van der Waals surface area contributed by atoms with Gasteiger partial charge in [-0.05, 0) is 29.7 Å². The number of nitrogens with zero attached hydrogens (tertiary/aromatic N) is 1. The lowest BCUT2D eigenvalue weighted by molar-refractivity contribution is -0.150. The first-order valence-corrected chi connectivity index (χ1v) is 11.2. The molecule has 0 unspecified atom stereocenters. The van der Waals surface area contributed by atoms with E-state index < -0.39 is 29.5 Å². The highest BCUT2D eigenvalue weighted by molar-refractivity contribution is 8.03. The molecule has 0 bridgehead atoms. The number of carbonyl (C=O) groups is 3. The van der Waals surface area contributed by atoms with E-state index in [4.69, 9.17) is 4.74 Å². The van der Waals surface area contributed by atoms with Crippen molar-refractivity contribution in [1.29, 1.82) is 5.26 Å². The first-order chi connectivity index (χ1) is 15.9. The predicted octanol–water partition coefficient (Wildman–Crippen LogP) is 3.50. The highest BCUT2D eigenvalue weighted by atomic mass is 32.2. The highest BCUT2D eigenvalue weighted by Crippen LogP contribution is 2.41. The van der Waals surface area contributed by atoms with Gasteiger partial charge in [0.05, 0.1) is 29.5 Å². The number of rotatable bonds is 7. The number of nitrogens with one attached hydrogen (secondary N) is 2. The lowest BCUT2D eigenvalue weighted by atomic mass is 9.78. The minimum atomic E-state index is -1.43. The van der Waals surface area contributed by atoms with E-state index in [1.807, 2.05) is 31.2 Å². The smallest absolute Gasteiger partial charge is 0.319 e. The van der Waals surface area contributed by atoms with Gasteiger partial charge in [0.25, 0.3) is 0 Å². The molecule has 0 saturated carbocycles. The number of methoxy groups -OCH3 is 1. The van der Waals surface area contributed by atoms with Crippen molar-refractivity contribution in [2.45, 2.75) is 19.3 Å². The second kappa shape index (κ2) is 10.8. The van der Waals surface area contributed by atoms with E-state index in [0.717, 1.165) is 30.9 Å². The van der Waals surface area contributed by atoms with Crippen molar-refractivity contribution in [2.75, 3.05) is 18.2 Å². The van der Waals surface area contributed by atoms with Crippen molar-refractivity contribution in [1.82, 2.24) is 5.32 Å². The zero-order chi connectivity index (χ0) is 24.0. The number of halogens is 1. The molecule has 33 heavy (non-hydrogen) atoms. The van der Waals surface area contributed by atoms with Gasteiger partial charge in [-0.3, -0.25) is 14.4 Å². The van der Waals surface area contributed by atoms with Crippen LogP contribution in [0.1, 0.15) is 24.0 Å². The summed E-state index contributed by atoms with van der Waals surface area (Å²) in [5.41, 5.74) is 1.67. The van der Waals surface area contributed by atoms with Crippen LogP contribution in [0.5, 0.6) is 0 Å². The van der Waals surface area contributed by atoms with Gasteiger partial charge in [0.15, 0.2) is 0 Å². The molecule has 170 valence electrons. The van der Waals surface area contributed by atoms with E-state index >= 15 is 0 Å². The molecular formula is C24H22FN3O4S. The molecule has 9 heteroatoms. The minimum absolute atomic E-state index is 0.0122. The van der Waals surface area contributed by atoms with Gasteiger partial charge < -0.3 is 15.4 Å². The highest BCUT2D eigenvalue weighted by Gasteiger charge is 2.45. The molecule has 2 atom stereocenters. The molecule has 0 spiro atoms. The Morgan fingerprint density at radius 3 is 2.58 bits per heavy atom. The fourth-order valence-electron chi connectivity index (χ4n) is 3.66. The molecule has 2 aromatic rings. The maximum absolute atomic E-state index is 14.6. The van der Waals surface area contributed by atoms with E-state index in [0.29, 0.717) is 5.69 Å². The molecule has 7 nitrogen and oxygen atoms in total. The summed E-state index contributed by atoms with van der Waals surface area (Å²) in [6.07, 6.45) is 0.739. The SMILES string of the molecule is CCc1ccccc1NC(=O)CSC1=C(C#N)[C@H](c2ccccc2F)[C@H](C(=O)OC)C(=O)N1. The number of nitriles is 1. The summed E-state index contributed by atoms with van der Waals surface area (Å²) in [5.74, 6) is -5.32. The van der Waals surface area contributed by atoms with Crippen molar-refractivity contribution < 1.29 is 23.5 Å². The van der Waals surface area contributed by atoms with E-state index in [1.165, 1.54) is 18.2 Å². The summed E-state index contributed by atoms with van der Waals surface area (Å²) in [5, 5.41) is 15.3. The Kier molecular flexibility index (Phi) is 7.85. The van der Waals surface area contributed by atoms with Gasteiger partial charge in [-0.15, -0.1) is 0 Å². The molecular weight excluding hydrogens is 445 g/mol. The Balaban J connectivity index is 1.90. The average molecular weight is 468 g/mol. The van der Waals surface area contributed by atoms with Crippen molar-refractivity contribution in [3.63, 3.8) is 0 Å². The monoisotopic (exact) mass is 467 g/mol. The van der Waals surface area contributed by atoms with Crippen LogP contribution < -0.4 is 10.6 Å². The number of benzene rings is 2. The number of thioether (sulfide) groups is 1. The molecule has 1 aliphatic heterocycles. The number of hydrogen-bond donors (Lipinski definition) is 2. The molecule has 3 rings (SSSR count). The van der Waals surface area contributed by atoms with Crippen LogP contribution in [0.2, 0.25) is 0 Å². The third-order valence-electron chi connectivity index (χ3n) is 5.24. The largest absolute Gasteiger partial charge is 0.468 e. The summed E-state index contributed by atoms with van der Waals surface area (Å²) in [6, 6.07) is 15.0. The lowest BCUT2D eigenvalue weighted by Gasteiger charge is -2.31. The van der Waals surface area contributed by atoms with Gasteiger partial charge in [-0.2, -0.15) is 5.26 Å². The topological polar surface area (TPSA) is 108 Å². The maximum atomic E-state index is 14.6. The predicted molar refractivity (Wildman–Crippen MR) is 122 cm³/mol. The van der Waals surface area contributed by atoms with Gasteiger partial charge in [-0.25, -0.2) is 4.39 Å². The Hall–Kier alpha value is -3.64. The molecule has 0 radical (unpaired) electrons. The summed E-state index contributed by atoms with van der Waals surface area (Å²) < 4.78 is 19.4. The van der Waals surface area contributed by atoms with Crippen LogP contribution in [0.15, 0.2) is 59.1 Å². The zero-order valence-corrected chi connectivity index (χ0v) is 18.9. The quantitative estimate of drug-likeness (QED) is 0.477.